The van der Waals surface area contributed by atoms with Gasteiger partial charge in [0.1, 0.15) is 6.33 Å². The number of rotatable bonds is 7. The van der Waals surface area contributed by atoms with Crippen molar-refractivity contribution in [1.29, 1.82) is 0 Å². The normalized spacial score (nSPS) is 17.8. The van der Waals surface area contributed by atoms with Crippen LogP contribution in [0.2, 0.25) is 0 Å². The summed E-state index contributed by atoms with van der Waals surface area (Å²) in [7, 11) is 1.78. The highest BCUT2D eigenvalue weighted by atomic mass is 127. The molecule has 1 fully saturated rings. The van der Waals surface area contributed by atoms with Crippen LogP contribution < -0.4 is 10.6 Å². The Balaban J connectivity index is 0.00000300. The van der Waals surface area contributed by atoms with E-state index in [2.05, 4.69) is 61.7 Å². The lowest BCUT2D eigenvalue weighted by Gasteiger charge is -2.34. The van der Waals surface area contributed by atoms with E-state index < -0.39 is 0 Å². The predicted molar refractivity (Wildman–Crippen MR) is 126 cm³/mol. The molecule has 3 rings (SSSR count). The van der Waals surface area contributed by atoms with E-state index in [4.69, 9.17) is 4.74 Å². The molecular formula is C20H32IN7O. The third-order valence-corrected chi connectivity index (χ3v) is 4.64. The lowest BCUT2D eigenvalue weighted by molar-refractivity contribution is -0.0284. The van der Waals surface area contributed by atoms with Crippen molar-refractivity contribution in [2.75, 3.05) is 39.8 Å². The molecule has 3 N–H and O–H groups in total. The van der Waals surface area contributed by atoms with Gasteiger partial charge < -0.3 is 15.4 Å². The molecule has 1 aliphatic rings. The van der Waals surface area contributed by atoms with Gasteiger partial charge in [-0.05, 0) is 17.5 Å². The fourth-order valence-corrected chi connectivity index (χ4v) is 3.38. The van der Waals surface area contributed by atoms with Crippen LogP contribution in [0.5, 0.6) is 0 Å². The Morgan fingerprint density at radius 1 is 1.38 bits per heavy atom. The first-order valence-corrected chi connectivity index (χ1v) is 9.87. The maximum Gasteiger partial charge on any atom is 0.191 e. The Hall–Kier alpha value is -1.72. The first-order valence-electron chi connectivity index (χ1n) is 9.87. The number of benzene rings is 1. The van der Waals surface area contributed by atoms with Gasteiger partial charge in [0.25, 0.3) is 0 Å². The van der Waals surface area contributed by atoms with Crippen LogP contribution in [0.25, 0.3) is 11.4 Å². The minimum atomic E-state index is 0. The molecule has 8 nitrogen and oxygen atoms in total. The largest absolute Gasteiger partial charge is 0.374 e. The van der Waals surface area contributed by atoms with E-state index in [9.17, 15) is 0 Å². The van der Waals surface area contributed by atoms with Crippen LogP contribution in [0.4, 0.5) is 0 Å². The first-order chi connectivity index (χ1) is 13.6. The molecule has 29 heavy (non-hydrogen) atoms. The smallest absolute Gasteiger partial charge is 0.191 e. The van der Waals surface area contributed by atoms with Gasteiger partial charge in [0, 0.05) is 45.3 Å². The molecule has 2 aromatic rings. The number of ether oxygens (including phenoxy) is 1. The average Bonchev–Trinajstić information content (AvgIpc) is 3.23. The zero-order chi connectivity index (χ0) is 19.8. The van der Waals surface area contributed by atoms with Gasteiger partial charge in [-0.2, -0.15) is 5.10 Å². The molecule has 0 aliphatic carbocycles. The van der Waals surface area contributed by atoms with Crippen molar-refractivity contribution in [1.82, 2.24) is 30.7 Å². The van der Waals surface area contributed by atoms with Crippen molar-refractivity contribution in [3.63, 3.8) is 0 Å². The molecule has 2 heterocycles. The Labute approximate surface area is 189 Å². The Kier molecular flexibility index (Phi) is 9.82. The SMILES string of the molecule is CN=C(NCc1cccc(-c2ncn[nH]2)c1)NCC1CN(CC(C)C)CCO1.I. The summed E-state index contributed by atoms with van der Waals surface area (Å²) in [6.07, 6.45) is 1.70. The number of H-pyrrole nitrogens is 1. The molecule has 0 radical (unpaired) electrons. The predicted octanol–water partition coefficient (Wildman–Crippen LogP) is 2.11. The lowest BCUT2D eigenvalue weighted by atomic mass is 10.1. The summed E-state index contributed by atoms with van der Waals surface area (Å²) in [6.45, 7) is 9.81. The molecule has 0 saturated carbocycles. The number of halogens is 1. The summed E-state index contributed by atoms with van der Waals surface area (Å²) in [5, 5.41) is 13.6. The minimum Gasteiger partial charge on any atom is -0.374 e. The van der Waals surface area contributed by atoms with Crippen LogP contribution in [0.3, 0.4) is 0 Å². The van der Waals surface area contributed by atoms with Crippen molar-refractivity contribution in [3.05, 3.63) is 36.2 Å². The fourth-order valence-electron chi connectivity index (χ4n) is 3.38. The zero-order valence-corrected chi connectivity index (χ0v) is 19.7. The third kappa shape index (κ3) is 7.56. The van der Waals surface area contributed by atoms with Crippen LogP contribution in [-0.2, 0) is 11.3 Å². The highest BCUT2D eigenvalue weighted by molar-refractivity contribution is 14.0. The van der Waals surface area contributed by atoms with Gasteiger partial charge in [-0.1, -0.05) is 32.0 Å². The molecule has 1 atom stereocenters. The van der Waals surface area contributed by atoms with Crippen LogP contribution in [0.1, 0.15) is 19.4 Å². The van der Waals surface area contributed by atoms with Gasteiger partial charge >= 0.3 is 0 Å². The van der Waals surface area contributed by atoms with Crippen molar-refractivity contribution in [2.24, 2.45) is 10.9 Å². The molecule has 160 valence electrons. The third-order valence-electron chi connectivity index (χ3n) is 4.64. The van der Waals surface area contributed by atoms with Crippen LogP contribution in [0, 0.1) is 5.92 Å². The number of morpholine rings is 1. The highest BCUT2D eigenvalue weighted by Crippen LogP contribution is 2.15. The van der Waals surface area contributed by atoms with Crippen LogP contribution >= 0.6 is 24.0 Å². The number of hydrogen-bond acceptors (Lipinski definition) is 5. The summed E-state index contributed by atoms with van der Waals surface area (Å²) in [6, 6.07) is 8.20. The second-order valence-electron chi connectivity index (χ2n) is 7.49. The van der Waals surface area contributed by atoms with E-state index in [1.165, 1.54) is 6.33 Å². The zero-order valence-electron chi connectivity index (χ0n) is 17.4. The number of aromatic nitrogens is 3. The maximum absolute atomic E-state index is 5.90. The van der Waals surface area contributed by atoms with Crippen molar-refractivity contribution >= 4 is 29.9 Å². The summed E-state index contributed by atoms with van der Waals surface area (Å²) in [4.78, 5) is 11.0. The minimum absolute atomic E-state index is 0. The second kappa shape index (κ2) is 12.1. The van der Waals surface area contributed by atoms with Gasteiger partial charge in [-0.3, -0.25) is 15.0 Å². The number of aliphatic imine (C=N–C) groups is 1. The molecule has 1 unspecified atom stereocenters. The molecule has 0 spiro atoms. The number of guanidine groups is 1. The molecule has 9 heteroatoms. The summed E-state index contributed by atoms with van der Waals surface area (Å²) in [5.41, 5.74) is 2.16. The van der Waals surface area contributed by atoms with Gasteiger partial charge in [-0.15, -0.1) is 24.0 Å². The van der Waals surface area contributed by atoms with E-state index in [0.717, 1.165) is 55.7 Å². The molecule has 1 aromatic carbocycles. The van der Waals surface area contributed by atoms with E-state index in [0.29, 0.717) is 12.5 Å². The Bertz CT molecular complexity index is 751. The standard InChI is InChI=1S/C20H31N7O.HI/c1-15(2)12-27-7-8-28-18(13-27)11-23-20(21-3)22-10-16-5-4-6-17(9-16)19-24-14-25-26-19;/h4-6,9,14-15,18H,7-8,10-13H2,1-3H3,(H2,21,22,23)(H,24,25,26);1H. The fraction of sp³-hybridized carbons (Fsp3) is 0.550. The van der Waals surface area contributed by atoms with Crippen molar-refractivity contribution in [3.8, 4) is 11.4 Å². The molecule has 1 saturated heterocycles. The highest BCUT2D eigenvalue weighted by Gasteiger charge is 2.21. The Morgan fingerprint density at radius 2 is 2.24 bits per heavy atom. The average molecular weight is 513 g/mol. The van der Waals surface area contributed by atoms with Crippen LogP contribution in [0.15, 0.2) is 35.6 Å². The van der Waals surface area contributed by atoms with E-state index in [1.54, 1.807) is 7.05 Å². The molecular weight excluding hydrogens is 481 g/mol. The summed E-state index contributed by atoms with van der Waals surface area (Å²) < 4.78 is 5.90. The molecule has 0 bridgehead atoms. The van der Waals surface area contributed by atoms with E-state index in [1.807, 2.05) is 12.1 Å². The van der Waals surface area contributed by atoms with Gasteiger partial charge in [-0.25, -0.2) is 4.98 Å². The van der Waals surface area contributed by atoms with Gasteiger partial charge in [0.15, 0.2) is 11.8 Å². The second-order valence-corrected chi connectivity index (χ2v) is 7.49. The monoisotopic (exact) mass is 513 g/mol. The molecule has 1 aromatic heterocycles. The van der Waals surface area contributed by atoms with E-state index >= 15 is 0 Å². The quantitative estimate of drug-likeness (QED) is 0.299. The lowest BCUT2D eigenvalue weighted by Crippen LogP contribution is -2.50. The maximum atomic E-state index is 5.90. The topological polar surface area (TPSA) is 90.5 Å². The summed E-state index contributed by atoms with van der Waals surface area (Å²) in [5.74, 6) is 2.22. The number of aromatic amines is 1. The number of hydrogen-bond donors (Lipinski definition) is 3. The number of nitrogens with zero attached hydrogens (tertiary/aromatic N) is 4. The Morgan fingerprint density at radius 3 is 2.97 bits per heavy atom. The van der Waals surface area contributed by atoms with Gasteiger partial charge in [0.2, 0.25) is 0 Å². The molecule has 1 aliphatic heterocycles. The number of nitrogens with one attached hydrogen (secondary N) is 3. The molecule has 0 amide bonds. The van der Waals surface area contributed by atoms with Crippen molar-refractivity contribution in [2.45, 2.75) is 26.5 Å². The van der Waals surface area contributed by atoms with E-state index in [-0.39, 0.29) is 30.1 Å². The van der Waals surface area contributed by atoms with Crippen LogP contribution in [-0.4, -0.2) is 72.0 Å². The summed E-state index contributed by atoms with van der Waals surface area (Å²) >= 11 is 0. The van der Waals surface area contributed by atoms with Crippen molar-refractivity contribution < 1.29 is 4.74 Å². The van der Waals surface area contributed by atoms with Gasteiger partial charge in [0.05, 0.1) is 12.7 Å². The first kappa shape index (κ1) is 23.6.